The molecular weight excluding hydrogens is 665 g/mol. The summed E-state index contributed by atoms with van der Waals surface area (Å²) in [4.78, 5) is 30.1. The second-order valence-electron chi connectivity index (χ2n) is 11.3. The van der Waals surface area contributed by atoms with Crippen molar-refractivity contribution in [1.29, 1.82) is 0 Å². The van der Waals surface area contributed by atoms with Gasteiger partial charge in [0, 0.05) is 34.1 Å². The molecule has 0 saturated heterocycles. The lowest BCUT2D eigenvalue weighted by molar-refractivity contribution is -0.140. The summed E-state index contributed by atoms with van der Waals surface area (Å²) in [6, 6.07) is 27.7. The third-order valence-corrected chi connectivity index (χ3v) is 10.6. The Kier molecular flexibility index (Phi) is 11.3. The average Bonchev–Trinajstić information content (AvgIpc) is 3.55. The van der Waals surface area contributed by atoms with E-state index in [1.807, 2.05) is 30.3 Å². The minimum Gasteiger partial charge on any atom is -0.352 e. The summed E-state index contributed by atoms with van der Waals surface area (Å²) >= 11 is 19.2. The fourth-order valence-electron chi connectivity index (χ4n) is 5.66. The SMILES string of the molecule is O=C(NC1CCCC1)C(Cc1ccccc1)N(Cc1ccccc1Cl)C(=O)CN(c1cc(Cl)cc(Cl)c1)S(=O)(=O)c1ccccc1. The Balaban J connectivity index is 1.59. The maximum absolute atomic E-state index is 14.6. The van der Waals surface area contributed by atoms with E-state index in [0.29, 0.717) is 10.6 Å². The minimum atomic E-state index is -4.28. The van der Waals surface area contributed by atoms with Gasteiger partial charge in [0.25, 0.3) is 10.0 Å². The zero-order valence-corrected chi connectivity index (χ0v) is 28.1. The standard InChI is InChI=1S/C35H34Cl3N3O4S/c36-27-20-28(37)22-30(21-27)41(46(44,45)31-16-5-2-6-17-31)24-34(42)40(23-26-13-7-10-18-32(26)38)33(19-25-11-3-1-4-12-25)35(43)39-29-14-8-9-15-29/h1-7,10-13,16-18,20-22,29,33H,8-9,14-15,19,23-24H2,(H,39,43). The molecule has 7 nitrogen and oxygen atoms in total. The second-order valence-corrected chi connectivity index (χ2v) is 14.4. The number of nitrogens with one attached hydrogen (secondary N) is 1. The summed E-state index contributed by atoms with van der Waals surface area (Å²) in [7, 11) is -4.28. The highest BCUT2D eigenvalue weighted by Crippen LogP contribution is 2.31. The lowest BCUT2D eigenvalue weighted by Crippen LogP contribution is -2.54. The molecule has 0 spiro atoms. The van der Waals surface area contributed by atoms with E-state index in [1.54, 1.807) is 42.5 Å². The quantitative estimate of drug-likeness (QED) is 0.166. The number of hydrogen-bond acceptors (Lipinski definition) is 4. The molecule has 2 amide bonds. The van der Waals surface area contributed by atoms with Crippen LogP contribution in [0.4, 0.5) is 5.69 Å². The molecule has 1 saturated carbocycles. The van der Waals surface area contributed by atoms with Crippen molar-refractivity contribution in [1.82, 2.24) is 10.2 Å². The van der Waals surface area contributed by atoms with Gasteiger partial charge >= 0.3 is 0 Å². The highest BCUT2D eigenvalue weighted by atomic mass is 35.5. The molecule has 0 heterocycles. The number of carbonyl (C=O) groups is 2. The number of nitrogens with zero attached hydrogens (tertiary/aromatic N) is 2. The summed E-state index contributed by atoms with van der Waals surface area (Å²) in [5.74, 6) is -0.905. The number of benzene rings is 4. The van der Waals surface area contributed by atoms with Crippen molar-refractivity contribution in [2.45, 2.75) is 55.6 Å². The van der Waals surface area contributed by atoms with Crippen molar-refractivity contribution in [2.75, 3.05) is 10.8 Å². The Hall–Kier alpha value is -3.56. The fourth-order valence-corrected chi connectivity index (χ4v) is 7.79. The molecule has 4 aromatic carbocycles. The second kappa shape index (κ2) is 15.4. The van der Waals surface area contributed by atoms with E-state index in [9.17, 15) is 18.0 Å². The first-order valence-corrected chi connectivity index (χ1v) is 17.6. The van der Waals surface area contributed by atoms with Crippen molar-refractivity contribution in [3.63, 3.8) is 0 Å². The Morgan fingerprint density at radius 3 is 2.02 bits per heavy atom. The van der Waals surface area contributed by atoms with Crippen LogP contribution in [0.15, 0.2) is 108 Å². The molecule has 1 unspecified atom stereocenters. The number of anilines is 1. The lowest BCUT2D eigenvalue weighted by Gasteiger charge is -2.34. The Bertz CT molecular complexity index is 1750. The topological polar surface area (TPSA) is 86.8 Å². The minimum absolute atomic E-state index is 0.00611. The normalized spacial score (nSPS) is 14.1. The van der Waals surface area contributed by atoms with E-state index < -0.39 is 28.5 Å². The first-order chi connectivity index (χ1) is 22.1. The van der Waals surface area contributed by atoms with Gasteiger partial charge in [-0.25, -0.2) is 8.42 Å². The van der Waals surface area contributed by atoms with Gasteiger partial charge in [-0.1, -0.05) is 114 Å². The zero-order chi connectivity index (χ0) is 32.7. The molecule has 1 aliphatic carbocycles. The predicted molar refractivity (Wildman–Crippen MR) is 184 cm³/mol. The summed E-state index contributed by atoms with van der Waals surface area (Å²) in [6.07, 6.45) is 3.97. The van der Waals surface area contributed by atoms with Crippen LogP contribution < -0.4 is 9.62 Å². The van der Waals surface area contributed by atoms with Crippen LogP contribution in [-0.4, -0.2) is 43.8 Å². The fraction of sp³-hybridized carbons (Fsp3) is 0.257. The molecule has 0 aromatic heterocycles. The smallest absolute Gasteiger partial charge is 0.264 e. The van der Waals surface area contributed by atoms with Gasteiger partial charge in [0.15, 0.2) is 0 Å². The van der Waals surface area contributed by atoms with Crippen molar-refractivity contribution >= 4 is 62.3 Å². The van der Waals surface area contributed by atoms with Crippen LogP contribution in [0.2, 0.25) is 15.1 Å². The van der Waals surface area contributed by atoms with Crippen LogP contribution in [0, 0.1) is 0 Å². The molecule has 1 aliphatic rings. The predicted octanol–water partition coefficient (Wildman–Crippen LogP) is 7.54. The Labute approximate surface area is 285 Å². The van der Waals surface area contributed by atoms with Crippen LogP contribution in [-0.2, 0) is 32.6 Å². The van der Waals surface area contributed by atoms with Crippen LogP contribution in [0.5, 0.6) is 0 Å². The van der Waals surface area contributed by atoms with Crippen LogP contribution >= 0.6 is 34.8 Å². The van der Waals surface area contributed by atoms with E-state index >= 15 is 0 Å². The average molecular weight is 699 g/mol. The van der Waals surface area contributed by atoms with Gasteiger partial charge in [0.05, 0.1) is 10.6 Å². The van der Waals surface area contributed by atoms with Gasteiger partial charge < -0.3 is 10.2 Å². The monoisotopic (exact) mass is 697 g/mol. The number of halogens is 3. The van der Waals surface area contributed by atoms with Crippen LogP contribution in [0.25, 0.3) is 0 Å². The number of amides is 2. The third-order valence-electron chi connectivity index (χ3n) is 8.02. The molecular formula is C35H34Cl3N3O4S. The van der Waals surface area contributed by atoms with E-state index in [2.05, 4.69) is 5.32 Å². The number of rotatable bonds is 12. The van der Waals surface area contributed by atoms with Crippen LogP contribution in [0.3, 0.4) is 0 Å². The summed E-state index contributed by atoms with van der Waals surface area (Å²) in [5.41, 5.74) is 1.58. The largest absolute Gasteiger partial charge is 0.352 e. The van der Waals surface area contributed by atoms with Crippen molar-refractivity contribution in [3.05, 3.63) is 129 Å². The highest BCUT2D eigenvalue weighted by molar-refractivity contribution is 7.92. The third kappa shape index (κ3) is 8.42. The summed E-state index contributed by atoms with van der Waals surface area (Å²) < 4.78 is 29.2. The van der Waals surface area contributed by atoms with Crippen molar-refractivity contribution in [2.24, 2.45) is 0 Å². The Morgan fingerprint density at radius 1 is 0.804 bits per heavy atom. The first-order valence-electron chi connectivity index (χ1n) is 15.0. The molecule has 1 fully saturated rings. The maximum atomic E-state index is 14.6. The molecule has 11 heteroatoms. The van der Waals surface area contributed by atoms with Crippen molar-refractivity contribution in [3.8, 4) is 0 Å². The molecule has 46 heavy (non-hydrogen) atoms. The molecule has 4 aromatic rings. The first kappa shape index (κ1) is 33.8. The van der Waals surface area contributed by atoms with Gasteiger partial charge in [-0.2, -0.15) is 0 Å². The number of hydrogen-bond donors (Lipinski definition) is 1. The molecule has 1 N–H and O–H groups in total. The number of sulfonamides is 1. The molecule has 5 rings (SSSR count). The molecule has 0 aliphatic heterocycles. The van der Waals surface area contributed by atoms with Gasteiger partial charge in [0.1, 0.15) is 12.6 Å². The number of carbonyl (C=O) groups excluding carboxylic acids is 2. The van der Waals surface area contributed by atoms with E-state index in [4.69, 9.17) is 34.8 Å². The molecule has 0 radical (unpaired) electrons. The van der Waals surface area contributed by atoms with Gasteiger partial charge in [0.2, 0.25) is 11.8 Å². The lowest BCUT2D eigenvalue weighted by atomic mass is 10.0. The van der Waals surface area contributed by atoms with Gasteiger partial charge in [-0.3, -0.25) is 13.9 Å². The van der Waals surface area contributed by atoms with Crippen LogP contribution in [0.1, 0.15) is 36.8 Å². The van der Waals surface area contributed by atoms with Crippen molar-refractivity contribution < 1.29 is 18.0 Å². The van der Waals surface area contributed by atoms with E-state index in [-0.39, 0.29) is 45.5 Å². The molecule has 1 atom stereocenters. The van der Waals surface area contributed by atoms with E-state index in [1.165, 1.54) is 35.2 Å². The van der Waals surface area contributed by atoms with Gasteiger partial charge in [-0.15, -0.1) is 0 Å². The molecule has 0 bridgehead atoms. The Morgan fingerprint density at radius 2 is 1.39 bits per heavy atom. The van der Waals surface area contributed by atoms with Gasteiger partial charge in [-0.05, 0) is 60.4 Å². The summed E-state index contributed by atoms with van der Waals surface area (Å²) in [6.45, 7) is -0.649. The maximum Gasteiger partial charge on any atom is 0.264 e. The molecule has 240 valence electrons. The highest BCUT2D eigenvalue weighted by Gasteiger charge is 2.36. The summed E-state index contributed by atoms with van der Waals surface area (Å²) in [5, 5.41) is 3.99. The van der Waals surface area contributed by atoms with E-state index in [0.717, 1.165) is 35.6 Å². The zero-order valence-electron chi connectivity index (χ0n) is 25.0.